The molecule has 13 heteroatoms. The fourth-order valence-electron chi connectivity index (χ4n) is 4.64. The highest BCUT2D eigenvalue weighted by molar-refractivity contribution is 7.79. The summed E-state index contributed by atoms with van der Waals surface area (Å²) in [4.78, 5) is 48.4. The Morgan fingerprint density at radius 2 is 1.90 bits per heavy atom. The van der Waals surface area contributed by atoms with E-state index in [9.17, 15) is 23.1 Å². The van der Waals surface area contributed by atoms with Crippen molar-refractivity contribution in [3.63, 3.8) is 0 Å². The van der Waals surface area contributed by atoms with E-state index in [-0.39, 0.29) is 31.8 Å². The van der Waals surface area contributed by atoms with Crippen LogP contribution in [-0.4, -0.2) is 84.6 Å². The minimum absolute atomic E-state index is 0.0591. The van der Waals surface area contributed by atoms with Gasteiger partial charge in [0.25, 0.3) is 5.91 Å². The van der Waals surface area contributed by atoms with Gasteiger partial charge in [-0.2, -0.15) is 5.26 Å². The first-order valence-corrected chi connectivity index (χ1v) is 14.6. The normalized spacial score (nSPS) is 19.7. The van der Waals surface area contributed by atoms with E-state index in [2.05, 4.69) is 5.48 Å². The molecule has 1 N–H and O–H groups in total. The van der Waals surface area contributed by atoms with E-state index < -0.39 is 45.5 Å². The van der Waals surface area contributed by atoms with Gasteiger partial charge < -0.3 is 19.0 Å². The zero-order valence-electron chi connectivity index (χ0n) is 24.3. The van der Waals surface area contributed by atoms with Crippen LogP contribution >= 0.6 is 0 Å². The highest BCUT2D eigenvalue weighted by Crippen LogP contribution is 2.29. The molecule has 0 aromatic heterocycles. The second kappa shape index (κ2) is 13.0. The molecule has 224 valence electrons. The number of hydroxylamine groups is 1. The van der Waals surface area contributed by atoms with Crippen LogP contribution in [0.5, 0.6) is 5.75 Å². The largest absolute Gasteiger partial charge is 0.771 e. The monoisotopic (exact) mass is 588 g/mol. The number of hydrogen-bond acceptors (Lipinski definition) is 10. The highest BCUT2D eigenvalue weighted by atomic mass is 32.2. The maximum atomic E-state index is 13.3. The molecule has 3 unspecified atom stereocenters. The fourth-order valence-corrected chi connectivity index (χ4v) is 5.59. The molecule has 1 saturated heterocycles. The van der Waals surface area contributed by atoms with Crippen molar-refractivity contribution in [2.75, 3.05) is 26.7 Å². The number of nitrogens with one attached hydrogen (secondary N) is 1. The molecule has 3 rings (SSSR count). The standard InChI is InChI=1S/C28H39N5O7S/c1-27(2,3)39-24(34)22(8-7-15-33-25(35)28(4,5)31(6)26(33)36)23(41(37)38)32-16-13-20(14-17-32)30-40-21-11-9-19(18-29)10-12-21/h9-13,22-23,30H,7-8,14-17H2,1-6H3,(H,37,38)/p-1. The quantitative estimate of drug-likeness (QED) is 0.176. The van der Waals surface area contributed by atoms with E-state index >= 15 is 0 Å². The first-order chi connectivity index (χ1) is 19.2. The van der Waals surface area contributed by atoms with Gasteiger partial charge in [-0.15, -0.1) is 0 Å². The Hall–Kier alpha value is -3.47. The molecule has 12 nitrogen and oxygen atoms in total. The Labute approximate surface area is 243 Å². The number of nitrogens with zero attached hydrogens (tertiary/aromatic N) is 4. The first-order valence-electron chi connectivity index (χ1n) is 13.4. The molecule has 0 spiro atoms. The summed E-state index contributed by atoms with van der Waals surface area (Å²) in [5.41, 5.74) is 2.31. The zero-order chi connectivity index (χ0) is 30.5. The third-order valence-corrected chi connectivity index (χ3v) is 8.18. The molecule has 3 atom stereocenters. The predicted molar refractivity (Wildman–Crippen MR) is 149 cm³/mol. The molecule has 0 bridgehead atoms. The van der Waals surface area contributed by atoms with Crippen molar-refractivity contribution in [1.82, 2.24) is 20.2 Å². The van der Waals surface area contributed by atoms with Gasteiger partial charge in [-0.25, -0.2) is 10.3 Å². The average molecular weight is 589 g/mol. The number of ether oxygens (including phenoxy) is 1. The van der Waals surface area contributed by atoms with Gasteiger partial charge in [0, 0.05) is 38.8 Å². The van der Waals surface area contributed by atoms with E-state index in [4.69, 9.17) is 14.8 Å². The molecular formula is C28H38N5O7S-. The second-order valence-electron chi connectivity index (χ2n) is 11.6. The number of carbonyl (C=O) groups excluding carboxylic acids is 3. The molecule has 1 aromatic carbocycles. The second-order valence-corrected chi connectivity index (χ2v) is 12.6. The predicted octanol–water partition coefficient (Wildman–Crippen LogP) is 2.65. The lowest BCUT2D eigenvalue weighted by molar-refractivity contribution is -0.161. The summed E-state index contributed by atoms with van der Waals surface area (Å²) in [7, 11) is 1.56. The van der Waals surface area contributed by atoms with Gasteiger partial charge in [-0.05, 0) is 88.9 Å². The van der Waals surface area contributed by atoms with Crippen molar-refractivity contribution in [2.45, 2.75) is 70.4 Å². The van der Waals surface area contributed by atoms with Crippen molar-refractivity contribution in [2.24, 2.45) is 5.92 Å². The van der Waals surface area contributed by atoms with Crippen LogP contribution in [0.1, 0.15) is 59.4 Å². The molecular weight excluding hydrogens is 550 g/mol. The van der Waals surface area contributed by atoms with E-state index in [1.54, 1.807) is 76.9 Å². The number of nitriles is 1. The number of likely N-dealkylation sites (N-methyl/N-ethyl adjacent to an activating group) is 1. The van der Waals surface area contributed by atoms with Crippen LogP contribution in [0.3, 0.4) is 0 Å². The summed E-state index contributed by atoms with van der Waals surface area (Å²) in [5.74, 6) is -1.52. The first kappa shape index (κ1) is 32.0. The average Bonchev–Trinajstić information content (AvgIpc) is 3.05. The van der Waals surface area contributed by atoms with Gasteiger partial charge in [0.15, 0.2) is 5.75 Å². The van der Waals surface area contributed by atoms with E-state index in [1.165, 1.54) is 4.90 Å². The molecule has 3 amide bonds. The summed E-state index contributed by atoms with van der Waals surface area (Å²) in [5, 5.41) is 7.75. The molecule has 1 aromatic rings. The number of urea groups is 1. The summed E-state index contributed by atoms with van der Waals surface area (Å²) < 4.78 is 30.7. The van der Waals surface area contributed by atoms with Crippen LogP contribution in [0.25, 0.3) is 0 Å². The summed E-state index contributed by atoms with van der Waals surface area (Å²) >= 11 is -2.65. The maximum absolute atomic E-state index is 13.3. The summed E-state index contributed by atoms with van der Waals surface area (Å²) in [6, 6.07) is 8.19. The van der Waals surface area contributed by atoms with Gasteiger partial charge in [-0.3, -0.25) is 23.6 Å². The van der Waals surface area contributed by atoms with E-state index in [0.717, 1.165) is 10.6 Å². The summed E-state index contributed by atoms with van der Waals surface area (Å²) in [6.07, 6.45) is 2.55. The van der Waals surface area contributed by atoms with Crippen LogP contribution in [0.2, 0.25) is 0 Å². The minimum atomic E-state index is -2.65. The molecule has 0 radical (unpaired) electrons. The summed E-state index contributed by atoms with van der Waals surface area (Å²) in [6.45, 7) is 9.07. The van der Waals surface area contributed by atoms with Crippen molar-refractivity contribution >= 4 is 29.0 Å². The third-order valence-electron chi connectivity index (χ3n) is 7.16. The van der Waals surface area contributed by atoms with Crippen LogP contribution < -0.4 is 10.3 Å². The van der Waals surface area contributed by atoms with Crippen molar-refractivity contribution in [1.29, 1.82) is 5.26 Å². The Bertz CT molecular complexity index is 1240. The fraction of sp³-hybridized carbons (Fsp3) is 0.571. The van der Waals surface area contributed by atoms with Gasteiger partial charge in [0.1, 0.15) is 11.1 Å². The number of amides is 3. The zero-order valence-corrected chi connectivity index (χ0v) is 25.2. The Morgan fingerprint density at radius 3 is 2.39 bits per heavy atom. The van der Waals surface area contributed by atoms with Gasteiger partial charge >= 0.3 is 12.0 Å². The molecule has 2 aliphatic rings. The molecule has 0 aliphatic carbocycles. The van der Waals surface area contributed by atoms with Crippen LogP contribution in [0, 0.1) is 17.2 Å². The number of carbonyl (C=O) groups is 3. The maximum Gasteiger partial charge on any atom is 0.327 e. The van der Waals surface area contributed by atoms with Crippen molar-refractivity contribution in [3.05, 3.63) is 41.6 Å². The number of esters is 1. The van der Waals surface area contributed by atoms with Gasteiger partial charge in [-0.1, -0.05) is 0 Å². The lowest BCUT2D eigenvalue weighted by atomic mass is 10.00. The SMILES string of the molecule is CN1C(=O)N(CCCC(C(=O)OC(C)(C)C)C(N2CC=C(NOc3ccc(C#N)cc3)CC2)S(=O)[O-])C(=O)C1(C)C. The van der Waals surface area contributed by atoms with Gasteiger partial charge in [0.05, 0.1) is 22.9 Å². The molecule has 2 aliphatic heterocycles. The van der Waals surface area contributed by atoms with Gasteiger partial charge in [0.2, 0.25) is 0 Å². The number of rotatable bonds is 11. The lowest BCUT2D eigenvalue weighted by Gasteiger charge is -2.39. The molecule has 2 heterocycles. The number of imide groups is 1. The lowest BCUT2D eigenvalue weighted by Crippen LogP contribution is -2.50. The molecule has 1 fully saturated rings. The van der Waals surface area contributed by atoms with Crippen LogP contribution in [0.15, 0.2) is 36.0 Å². The Balaban J connectivity index is 1.70. The highest BCUT2D eigenvalue weighted by Gasteiger charge is 2.49. The Morgan fingerprint density at radius 1 is 1.24 bits per heavy atom. The Kier molecular flexibility index (Phi) is 10.2. The van der Waals surface area contributed by atoms with Crippen molar-refractivity contribution in [3.8, 4) is 11.8 Å². The van der Waals surface area contributed by atoms with E-state index in [1.807, 2.05) is 6.07 Å². The molecule has 0 saturated carbocycles. The smallest absolute Gasteiger partial charge is 0.327 e. The third kappa shape index (κ3) is 7.84. The minimum Gasteiger partial charge on any atom is -0.771 e. The van der Waals surface area contributed by atoms with Crippen LogP contribution in [0.4, 0.5) is 4.79 Å². The van der Waals surface area contributed by atoms with Crippen molar-refractivity contribution < 1.29 is 32.7 Å². The number of benzene rings is 1. The number of hydrogen-bond donors (Lipinski definition) is 1. The molecule has 41 heavy (non-hydrogen) atoms. The van der Waals surface area contributed by atoms with Crippen LogP contribution in [-0.2, 0) is 25.4 Å². The van der Waals surface area contributed by atoms with E-state index in [0.29, 0.717) is 24.3 Å². The topological polar surface area (TPSA) is 155 Å².